The molecule has 0 bridgehead atoms. The molecule has 0 spiro atoms. The van der Waals surface area contributed by atoms with Gasteiger partial charge in [-0.05, 0) is 35.4 Å². The van der Waals surface area contributed by atoms with Crippen LogP contribution in [0.5, 0.6) is 0 Å². The van der Waals surface area contributed by atoms with Gasteiger partial charge in [-0.15, -0.1) is 0 Å². The van der Waals surface area contributed by atoms with Crippen molar-refractivity contribution in [2.75, 3.05) is 0 Å². The molecule has 0 atom stereocenters. The van der Waals surface area contributed by atoms with Crippen LogP contribution in [0.2, 0.25) is 13.1 Å². The lowest BCUT2D eigenvalue weighted by molar-refractivity contribution is 1.59. The largest absolute Gasteiger partial charge is 0.0800 e. The molecule has 87 valence electrons. The van der Waals surface area contributed by atoms with E-state index in [1.165, 1.54) is 20.8 Å². The fourth-order valence-electron chi connectivity index (χ4n) is 1.81. The number of halogens is 2. The molecule has 0 saturated carbocycles. The molecule has 0 N–H and O–H groups in total. The average molecular weight is 369 g/mol. The molecule has 0 unspecified atom stereocenters. The van der Waals surface area contributed by atoms with Gasteiger partial charge in [-0.2, -0.15) is 0 Å². The Balaban J connectivity index is 2.54. The van der Waals surface area contributed by atoms with Crippen molar-refractivity contribution in [3.05, 3.63) is 51.4 Å². The Labute approximate surface area is 121 Å². The van der Waals surface area contributed by atoms with Gasteiger partial charge in [0.15, 0.2) is 0 Å². The normalized spacial score (nSPS) is 10.9. The summed E-state index contributed by atoms with van der Waals surface area (Å²) in [5.74, 6) is 0. The molecule has 2 aromatic carbocycles. The monoisotopic (exact) mass is 367 g/mol. The van der Waals surface area contributed by atoms with E-state index >= 15 is 0 Å². The van der Waals surface area contributed by atoms with Crippen LogP contribution in [0.25, 0.3) is 11.1 Å². The molecule has 0 aliphatic carbocycles. The van der Waals surface area contributed by atoms with Crippen molar-refractivity contribution < 1.29 is 0 Å². The van der Waals surface area contributed by atoms with E-state index in [1.54, 1.807) is 0 Å². The average Bonchev–Trinajstić information content (AvgIpc) is 2.30. The van der Waals surface area contributed by atoms with E-state index in [4.69, 9.17) is 0 Å². The van der Waals surface area contributed by atoms with Gasteiger partial charge in [-0.1, -0.05) is 68.3 Å². The van der Waals surface area contributed by atoms with Crippen LogP contribution in [0.1, 0.15) is 0 Å². The summed E-state index contributed by atoms with van der Waals surface area (Å²) in [5.41, 5.74) is 2.65. The molecule has 0 amide bonds. The van der Waals surface area contributed by atoms with Crippen LogP contribution in [-0.2, 0) is 0 Å². The van der Waals surface area contributed by atoms with Crippen LogP contribution in [0.3, 0.4) is 0 Å². The Kier molecular flexibility index (Phi) is 4.23. The van der Waals surface area contributed by atoms with Gasteiger partial charge in [0.1, 0.15) is 0 Å². The Morgan fingerprint density at radius 1 is 0.824 bits per heavy atom. The minimum Gasteiger partial charge on any atom is -0.0671 e. The van der Waals surface area contributed by atoms with E-state index in [9.17, 15) is 0 Å². The summed E-state index contributed by atoms with van der Waals surface area (Å²) in [6, 6.07) is 15.1. The van der Waals surface area contributed by atoms with Crippen LogP contribution in [-0.4, -0.2) is 8.80 Å². The maximum absolute atomic E-state index is 3.56. The molecule has 0 fully saturated rings. The zero-order valence-electron chi connectivity index (χ0n) is 9.80. The first-order chi connectivity index (χ1) is 8.08. The molecule has 3 heteroatoms. The minimum absolute atomic E-state index is 0.463. The molecule has 2 rings (SSSR count). The predicted molar refractivity (Wildman–Crippen MR) is 84.4 cm³/mol. The first-order valence-electron chi connectivity index (χ1n) is 5.44. The fourth-order valence-corrected chi connectivity index (χ4v) is 3.86. The Morgan fingerprint density at radius 2 is 1.41 bits per heavy atom. The predicted octanol–water partition coefficient (Wildman–Crippen LogP) is 4.84. The highest BCUT2D eigenvalue weighted by Gasteiger charge is 2.10. The highest BCUT2D eigenvalue weighted by molar-refractivity contribution is 9.10. The third-order valence-corrected chi connectivity index (χ3v) is 5.19. The highest BCUT2D eigenvalue weighted by atomic mass is 79.9. The summed E-state index contributed by atoms with van der Waals surface area (Å²) in [5, 5.41) is 1.48. The SMILES string of the molecule is C[Si](C)c1cc(Br)ccc1-c1ccc(Br)cc1. The molecule has 0 saturated heterocycles. The highest BCUT2D eigenvalue weighted by Crippen LogP contribution is 2.22. The maximum Gasteiger partial charge on any atom is 0.0800 e. The summed E-state index contributed by atoms with van der Waals surface area (Å²) in [4.78, 5) is 0. The molecule has 0 nitrogen and oxygen atoms in total. The van der Waals surface area contributed by atoms with E-state index in [1.807, 2.05) is 0 Å². The summed E-state index contributed by atoms with van der Waals surface area (Å²) >= 11 is 7.03. The second-order valence-electron chi connectivity index (χ2n) is 4.20. The number of benzene rings is 2. The standard InChI is InChI=1S/C14H13Br2Si/c1-17(2)14-9-12(16)7-8-13(14)10-3-5-11(15)6-4-10/h3-9H,1-2H3. The maximum atomic E-state index is 3.56. The van der Waals surface area contributed by atoms with Gasteiger partial charge in [-0.3, -0.25) is 0 Å². The lowest BCUT2D eigenvalue weighted by Crippen LogP contribution is -2.24. The van der Waals surface area contributed by atoms with Crippen LogP contribution in [0, 0.1) is 0 Å². The molecular weight excluding hydrogens is 356 g/mol. The van der Waals surface area contributed by atoms with Gasteiger partial charge < -0.3 is 0 Å². The van der Waals surface area contributed by atoms with Crippen molar-refractivity contribution in [1.82, 2.24) is 0 Å². The Morgan fingerprint density at radius 3 is 2.00 bits per heavy atom. The summed E-state index contributed by atoms with van der Waals surface area (Å²) in [6.07, 6.45) is 0. The fraction of sp³-hybridized carbons (Fsp3) is 0.143. The molecule has 17 heavy (non-hydrogen) atoms. The number of rotatable bonds is 2. The van der Waals surface area contributed by atoms with E-state index in [0.717, 1.165) is 4.47 Å². The lowest BCUT2D eigenvalue weighted by atomic mass is 10.1. The van der Waals surface area contributed by atoms with Gasteiger partial charge in [0.25, 0.3) is 0 Å². The number of hydrogen-bond acceptors (Lipinski definition) is 0. The van der Waals surface area contributed by atoms with Crippen molar-refractivity contribution in [2.24, 2.45) is 0 Å². The van der Waals surface area contributed by atoms with Crippen LogP contribution in [0.15, 0.2) is 51.4 Å². The van der Waals surface area contributed by atoms with Crippen molar-refractivity contribution in [1.29, 1.82) is 0 Å². The van der Waals surface area contributed by atoms with E-state index < -0.39 is 8.80 Å². The van der Waals surface area contributed by atoms with Crippen LogP contribution >= 0.6 is 31.9 Å². The smallest absolute Gasteiger partial charge is 0.0671 e. The quantitative estimate of drug-likeness (QED) is 0.665. The molecule has 2 aromatic rings. The van der Waals surface area contributed by atoms with Crippen molar-refractivity contribution in [2.45, 2.75) is 13.1 Å². The second kappa shape index (κ2) is 5.51. The van der Waals surface area contributed by atoms with Gasteiger partial charge in [0.05, 0.1) is 8.80 Å². The van der Waals surface area contributed by atoms with E-state index in [-0.39, 0.29) is 0 Å². The lowest BCUT2D eigenvalue weighted by Gasteiger charge is -2.12. The van der Waals surface area contributed by atoms with Crippen molar-refractivity contribution in [3.8, 4) is 11.1 Å². The summed E-state index contributed by atoms with van der Waals surface area (Å²) in [7, 11) is -0.463. The minimum atomic E-state index is -0.463. The molecule has 1 radical (unpaired) electrons. The second-order valence-corrected chi connectivity index (χ2v) is 8.57. The Hall–Kier alpha value is -0.383. The van der Waals surface area contributed by atoms with E-state index in [0.29, 0.717) is 0 Å². The van der Waals surface area contributed by atoms with Gasteiger partial charge in [0.2, 0.25) is 0 Å². The number of hydrogen-bond donors (Lipinski definition) is 0. The zero-order valence-corrected chi connectivity index (χ0v) is 14.0. The first kappa shape index (κ1) is 13.1. The van der Waals surface area contributed by atoms with Crippen LogP contribution < -0.4 is 5.19 Å². The summed E-state index contributed by atoms with van der Waals surface area (Å²) < 4.78 is 2.29. The topological polar surface area (TPSA) is 0 Å². The zero-order chi connectivity index (χ0) is 12.4. The van der Waals surface area contributed by atoms with Gasteiger partial charge in [0, 0.05) is 8.95 Å². The van der Waals surface area contributed by atoms with Gasteiger partial charge in [-0.25, -0.2) is 0 Å². The molecule has 0 heterocycles. The molecule has 0 aromatic heterocycles. The molecule has 0 aliphatic heterocycles. The third-order valence-electron chi connectivity index (χ3n) is 2.68. The molecule has 0 aliphatic rings. The molecular formula is C14H13Br2Si. The van der Waals surface area contributed by atoms with Crippen molar-refractivity contribution >= 4 is 45.8 Å². The van der Waals surface area contributed by atoms with Gasteiger partial charge >= 0.3 is 0 Å². The van der Waals surface area contributed by atoms with E-state index in [2.05, 4.69) is 87.4 Å². The first-order valence-corrected chi connectivity index (χ1v) is 9.52. The van der Waals surface area contributed by atoms with Crippen molar-refractivity contribution in [3.63, 3.8) is 0 Å². The van der Waals surface area contributed by atoms with Crippen LogP contribution in [0.4, 0.5) is 0 Å². The Bertz CT molecular complexity index is 518. The third kappa shape index (κ3) is 3.09. The summed E-state index contributed by atoms with van der Waals surface area (Å²) in [6.45, 7) is 4.66.